The molecule has 3 rings (SSSR count). The maximum Gasteiger partial charge on any atom is 0.157 e. The van der Waals surface area contributed by atoms with E-state index in [0.29, 0.717) is 23.7 Å². The van der Waals surface area contributed by atoms with Gasteiger partial charge in [0.2, 0.25) is 0 Å². The van der Waals surface area contributed by atoms with Gasteiger partial charge in [0.15, 0.2) is 5.82 Å². The molecule has 7 N–H and O–H groups in total. The molecule has 2 aromatic carbocycles. The summed E-state index contributed by atoms with van der Waals surface area (Å²) in [4.78, 5) is 2.01. The van der Waals surface area contributed by atoms with Crippen molar-refractivity contribution in [2.45, 2.75) is 12.8 Å². The molecule has 1 heterocycles. The van der Waals surface area contributed by atoms with Gasteiger partial charge in [0.1, 0.15) is 17.8 Å². The second kappa shape index (κ2) is 7.98. The molecule has 0 saturated carbocycles. The lowest BCUT2D eigenvalue weighted by molar-refractivity contribution is 0.187. The van der Waals surface area contributed by atoms with Crippen LogP contribution in [0.15, 0.2) is 48.5 Å². The quantitative estimate of drug-likeness (QED) is 0.354. The van der Waals surface area contributed by atoms with Crippen LogP contribution in [-0.4, -0.2) is 34.5 Å². The Hall–Kier alpha value is -3.23. The lowest BCUT2D eigenvalue weighted by atomic mass is 10.2. The molecule has 1 aromatic heterocycles. The molecular weight excluding hydrogens is 344 g/mol. The summed E-state index contributed by atoms with van der Waals surface area (Å²) in [5, 5.41) is 32.8. The second-order valence-corrected chi connectivity index (χ2v) is 6.39. The van der Waals surface area contributed by atoms with Crippen LogP contribution < -0.4 is 21.3 Å². The predicted molar refractivity (Wildman–Crippen MR) is 107 cm³/mol. The molecule has 0 aliphatic heterocycles. The Morgan fingerprint density at radius 1 is 1.11 bits per heavy atom. The van der Waals surface area contributed by atoms with Gasteiger partial charge in [-0.05, 0) is 42.0 Å². The molecule has 0 bridgehead atoms. The molecule has 0 spiro atoms. The zero-order valence-corrected chi connectivity index (χ0v) is 15.3. The normalized spacial score (nSPS) is 11.9. The highest BCUT2D eigenvalue weighted by Crippen LogP contribution is 2.29. The zero-order chi connectivity index (χ0) is 19.4. The van der Waals surface area contributed by atoms with Crippen LogP contribution in [0.25, 0.3) is 0 Å². The van der Waals surface area contributed by atoms with Gasteiger partial charge in [-0.25, -0.2) is 0 Å². The lowest BCUT2D eigenvalue weighted by Gasteiger charge is -2.14. The summed E-state index contributed by atoms with van der Waals surface area (Å²) < 4.78 is 0. The number of rotatable bonds is 7. The third-order valence-corrected chi connectivity index (χ3v) is 4.15. The third kappa shape index (κ3) is 4.49. The van der Waals surface area contributed by atoms with E-state index in [-0.39, 0.29) is 5.75 Å². The van der Waals surface area contributed by atoms with Crippen molar-refractivity contribution in [3.8, 4) is 5.75 Å². The number of nitrogens with one attached hydrogen (secondary N) is 3. The Morgan fingerprint density at radius 2 is 1.78 bits per heavy atom. The van der Waals surface area contributed by atoms with E-state index in [1.54, 1.807) is 24.3 Å². The third-order valence-electron chi connectivity index (χ3n) is 4.15. The fourth-order valence-corrected chi connectivity index (χ4v) is 2.66. The molecule has 27 heavy (non-hydrogen) atoms. The van der Waals surface area contributed by atoms with Crippen LogP contribution in [0.1, 0.15) is 17.4 Å². The van der Waals surface area contributed by atoms with E-state index in [4.69, 9.17) is 5.73 Å². The first kappa shape index (κ1) is 18.6. The van der Waals surface area contributed by atoms with Crippen molar-refractivity contribution >= 4 is 23.0 Å². The largest absolute Gasteiger partial charge is 0.508 e. The van der Waals surface area contributed by atoms with Crippen LogP contribution in [0.5, 0.6) is 5.75 Å². The van der Waals surface area contributed by atoms with Gasteiger partial charge >= 0.3 is 0 Å². The van der Waals surface area contributed by atoms with E-state index in [1.165, 1.54) is 0 Å². The Labute approximate surface area is 157 Å². The highest BCUT2D eigenvalue weighted by atomic mass is 16.3. The number of anilines is 4. The summed E-state index contributed by atoms with van der Waals surface area (Å²) in [6.45, 7) is 0.474. The smallest absolute Gasteiger partial charge is 0.157 e. The van der Waals surface area contributed by atoms with E-state index < -0.39 is 6.23 Å². The van der Waals surface area contributed by atoms with Crippen molar-refractivity contribution in [3.05, 3.63) is 59.7 Å². The number of aromatic nitrogens is 2. The molecule has 0 radical (unpaired) electrons. The number of hydrogen-bond donors (Lipinski definition) is 6. The first-order chi connectivity index (χ1) is 12.9. The summed E-state index contributed by atoms with van der Waals surface area (Å²) in [5.74, 6) is 1.20. The summed E-state index contributed by atoms with van der Waals surface area (Å²) in [6.07, 6.45) is -1.20. The number of nitrogens with two attached hydrogens (primary N) is 1. The summed E-state index contributed by atoms with van der Waals surface area (Å²) in [7, 11) is 3.96. The van der Waals surface area contributed by atoms with Crippen molar-refractivity contribution in [2.24, 2.45) is 5.73 Å². The second-order valence-electron chi connectivity index (χ2n) is 6.39. The minimum absolute atomic E-state index is 0.211. The van der Waals surface area contributed by atoms with Crippen LogP contribution in [0, 0.1) is 0 Å². The first-order valence-electron chi connectivity index (χ1n) is 8.52. The van der Waals surface area contributed by atoms with Gasteiger partial charge in [0.05, 0.1) is 5.56 Å². The molecule has 0 aliphatic rings. The van der Waals surface area contributed by atoms with Crippen LogP contribution >= 0.6 is 0 Å². The fourth-order valence-electron chi connectivity index (χ4n) is 2.66. The standard InChI is InChI=1S/C19H24N6O2/c1-25(2)14-7-5-13(6-8-14)22-19-16(17(20)27)18(23-24-19)21-11-12-3-9-15(26)10-4-12/h3-10,17,26-27H,11,20H2,1-2H3,(H3,21,22,23,24). The van der Waals surface area contributed by atoms with Crippen LogP contribution in [-0.2, 0) is 6.54 Å². The van der Waals surface area contributed by atoms with Gasteiger partial charge in [-0.3, -0.25) is 5.10 Å². The van der Waals surface area contributed by atoms with Crippen LogP contribution in [0.3, 0.4) is 0 Å². The monoisotopic (exact) mass is 368 g/mol. The number of benzene rings is 2. The van der Waals surface area contributed by atoms with Crippen molar-refractivity contribution in [2.75, 3.05) is 29.6 Å². The summed E-state index contributed by atoms with van der Waals surface area (Å²) in [6, 6.07) is 14.7. The van der Waals surface area contributed by atoms with Crippen molar-refractivity contribution in [1.29, 1.82) is 0 Å². The number of aliphatic hydroxyl groups is 1. The Balaban J connectivity index is 1.75. The highest BCUT2D eigenvalue weighted by Gasteiger charge is 2.18. The average Bonchev–Trinajstić information content (AvgIpc) is 3.04. The van der Waals surface area contributed by atoms with Crippen LogP contribution in [0.2, 0.25) is 0 Å². The Morgan fingerprint density at radius 3 is 2.37 bits per heavy atom. The molecule has 1 atom stereocenters. The molecule has 0 aliphatic carbocycles. The lowest BCUT2D eigenvalue weighted by Crippen LogP contribution is -2.13. The van der Waals surface area contributed by atoms with E-state index in [9.17, 15) is 10.2 Å². The van der Waals surface area contributed by atoms with E-state index in [1.807, 2.05) is 43.3 Å². The van der Waals surface area contributed by atoms with Crippen molar-refractivity contribution in [3.63, 3.8) is 0 Å². The van der Waals surface area contributed by atoms with Gasteiger partial charge < -0.3 is 31.5 Å². The van der Waals surface area contributed by atoms with Crippen molar-refractivity contribution < 1.29 is 10.2 Å². The van der Waals surface area contributed by atoms with Gasteiger partial charge in [0, 0.05) is 32.0 Å². The highest BCUT2D eigenvalue weighted by molar-refractivity contribution is 5.67. The zero-order valence-electron chi connectivity index (χ0n) is 15.3. The first-order valence-corrected chi connectivity index (χ1v) is 8.52. The minimum Gasteiger partial charge on any atom is -0.508 e. The van der Waals surface area contributed by atoms with E-state index >= 15 is 0 Å². The van der Waals surface area contributed by atoms with Crippen LogP contribution in [0.4, 0.5) is 23.0 Å². The molecule has 1 unspecified atom stereocenters. The number of phenols is 1. The number of aromatic hydroxyl groups is 1. The Bertz CT molecular complexity index is 872. The number of phenolic OH excluding ortho intramolecular Hbond substituents is 1. The SMILES string of the molecule is CN(C)c1ccc(Nc2[nH]nc(NCc3ccc(O)cc3)c2C(N)O)cc1. The van der Waals surface area contributed by atoms with E-state index in [2.05, 4.69) is 20.8 Å². The number of hydrogen-bond acceptors (Lipinski definition) is 7. The topological polar surface area (TPSA) is 122 Å². The number of nitrogens with zero attached hydrogens (tertiary/aromatic N) is 2. The summed E-state index contributed by atoms with van der Waals surface area (Å²) >= 11 is 0. The van der Waals surface area contributed by atoms with Gasteiger partial charge in [-0.1, -0.05) is 12.1 Å². The molecule has 0 amide bonds. The van der Waals surface area contributed by atoms with Gasteiger partial charge in [-0.15, -0.1) is 0 Å². The molecular formula is C19H24N6O2. The molecule has 0 saturated heterocycles. The number of H-pyrrole nitrogens is 1. The predicted octanol–water partition coefficient (Wildman–Crippen LogP) is 2.49. The van der Waals surface area contributed by atoms with Gasteiger partial charge in [0.25, 0.3) is 0 Å². The number of aliphatic hydroxyl groups excluding tert-OH is 1. The molecule has 8 nitrogen and oxygen atoms in total. The maximum atomic E-state index is 10.0. The molecule has 0 fully saturated rings. The van der Waals surface area contributed by atoms with Gasteiger partial charge in [-0.2, -0.15) is 5.10 Å². The number of aromatic amines is 1. The summed E-state index contributed by atoms with van der Waals surface area (Å²) in [5.41, 5.74) is 9.08. The average molecular weight is 368 g/mol. The molecule has 3 aromatic rings. The minimum atomic E-state index is -1.20. The Kier molecular flexibility index (Phi) is 5.49. The molecule has 8 heteroatoms. The maximum absolute atomic E-state index is 10.0. The molecule has 142 valence electrons. The van der Waals surface area contributed by atoms with E-state index in [0.717, 1.165) is 16.9 Å². The fraction of sp³-hybridized carbons (Fsp3) is 0.211. The van der Waals surface area contributed by atoms with Crippen molar-refractivity contribution in [1.82, 2.24) is 10.2 Å².